The first-order valence-corrected chi connectivity index (χ1v) is 10.5. The van der Waals surface area contributed by atoms with Crippen molar-refractivity contribution in [1.29, 1.82) is 0 Å². The summed E-state index contributed by atoms with van der Waals surface area (Å²) in [6.45, 7) is 39.7. The Morgan fingerprint density at radius 3 is 0.692 bits per heavy atom. The fourth-order valence-electron chi connectivity index (χ4n) is 4.83. The molecule has 0 saturated heterocycles. The number of rotatable bonds is 6. The van der Waals surface area contributed by atoms with Crippen molar-refractivity contribution in [2.75, 3.05) is 0 Å². The molecule has 26 heavy (non-hydrogen) atoms. The fraction of sp³-hybridized carbons (Fsp3) is 1.00. The van der Waals surface area contributed by atoms with Crippen LogP contribution < -0.4 is 0 Å². The van der Waals surface area contributed by atoms with Crippen LogP contribution in [0.1, 0.15) is 118 Å². The first kappa shape index (κ1) is 26.0. The molecule has 0 aromatic carbocycles. The second-order valence-corrected chi connectivity index (χ2v) is 13.6. The molecule has 0 aliphatic heterocycles. The first-order chi connectivity index (χ1) is 10.8. The Bertz CT molecular complexity index is 451. The molecule has 0 aliphatic rings. The lowest BCUT2D eigenvalue weighted by molar-refractivity contribution is -0.221. The lowest BCUT2D eigenvalue weighted by atomic mass is 9.36. The summed E-state index contributed by atoms with van der Waals surface area (Å²) in [6, 6.07) is 0. The lowest BCUT2D eigenvalue weighted by Gasteiger charge is -2.68. The normalized spacial score (nSPS) is 16.8. The van der Waals surface area contributed by atoms with Gasteiger partial charge in [-0.05, 0) is 51.8 Å². The Balaban J connectivity index is 6.61. The van der Waals surface area contributed by atoms with Crippen LogP contribution in [-0.2, 0) is 0 Å². The number of aliphatic hydroxyl groups is 1. The Hall–Kier alpha value is -0.0400. The van der Waals surface area contributed by atoms with E-state index in [-0.39, 0.29) is 37.9 Å². The van der Waals surface area contributed by atoms with Gasteiger partial charge < -0.3 is 5.11 Å². The van der Waals surface area contributed by atoms with E-state index in [0.717, 1.165) is 0 Å². The molecule has 0 bridgehead atoms. The van der Waals surface area contributed by atoms with Gasteiger partial charge in [-0.1, -0.05) is 104 Å². The zero-order chi connectivity index (χ0) is 22.0. The molecule has 0 rings (SSSR count). The third kappa shape index (κ3) is 3.19. The molecule has 1 heteroatoms. The monoisotopic (exact) mass is 368 g/mol. The maximum atomic E-state index is 11.0. The molecule has 0 heterocycles. The number of hydrogen-bond donors (Lipinski definition) is 1. The Morgan fingerprint density at radius 2 is 0.500 bits per heavy atom. The van der Waals surface area contributed by atoms with Gasteiger partial charge in [-0.15, -0.1) is 0 Å². The maximum absolute atomic E-state index is 11.0. The smallest absolute Gasteiger partial charge is 0.0647 e. The first-order valence-electron chi connectivity index (χ1n) is 10.5. The van der Waals surface area contributed by atoms with Crippen LogP contribution in [0.5, 0.6) is 0 Å². The zero-order valence-corrected chi connectivity index (χ0v) is 21.4. The van der Waals surface area contributed by atoms with Crippen LogP contribution in [0.3, 0.4) is 0 Å². The van der Waals surface area contributed by atoms with Crippen LogP contribution >= 0.6 is 0 Å². The average molecular weight is 369 g/mol. The van der Waals surface area contributed by atoms with Gasteiger partial charge >= 0.3 is 0 Å². The summed E-state index contributed by atoms with van der Waals surface area (Å²) in [6.07, 6.45) is 0. The van der Waals surface area contributed by atoms with Crippen LogP contribution in [0, 0.1) is 37.9 Å². The third-order valence-corrected chi connectivity index (χ3v) is 11.2. The minimum Gasteiger partial charge on any atom is -0.390 e. The van der Waals surface area contributed by atoms with Gasteiger partial charge in [0, 0.05) is 0 Å². The van der Waals surface area contributed by atoms with Crippen LogP contribution in [0.15, 0.2) is 0 Å². The van der Waals surface area contributed by atoms with Gasteiger partial charge in [0.1, 0.15) is 0 Å². The predicted octanol–water partition coefficient (Wildman–Crippen LogP) is 7.96. The van der Waals surface area contributed by atoms with Gasteiger partial charge in [-0.2, -0.15) is 0 Å². The minimum atomic E-state index is -0.756. The van der Waals surface area contributed by atoms with Crippen LogP contribution in [-0.4, -0.2) is 10.7 Å². The molecule has 0 radical (unpaired) electrons. The maximum Gasteiger partial charge on any atom is 0.0647 e. The summed E-state index contributed by atoms with van der Waals surface area (Å²) in [5.41, 5.74) is -0.675. The predicted molar refractivity (Wildman–Crippen MR) is 118 cm³/mol. The highest BCUT2D eigenvalue weighted by Gasteiger charge is 2.64. The van der Waals surface area contributed by atoms with E-state index in [9.17, 15) is 5.11 Å². The summed E-state index contributed by atoms with van der Waals surface area (Å²) < 4.78 is 0. The summed E-state index contributed by atoms with van der Waals surface area (Å²) in [5, 5.41) is 11.0. The van der Waals surface area contributed by atoms with Gasteiger partial charge in [0.05, 0.1) is 5.60 Å². The molecule has 0 aliphatic carbocycles. The Labute approximate surface area is 166 Å². The summed E-state index contributed by atoms with van der Waals surface area (Å²) in [5.74, 6) is 0. The summed E-state index contributed by atoms with van der Waals surface area (Å²) in [7, 11) is 0. The standard InChI is InChI=1S/C25H52O/c1-18(2,3)19(4,5)20(6,7)21(8,9)22(10,11)23(12,13)24(14,15)25(16,17)26/h26H,1-17H3. The molecule has 0 atom stereocenters. The molecule has 0 amide bonds. The van der Waals surface area contributed by atoms with Gasteiger partial charge in [0.25, 0.3) is 0 Å². The van der Waals surface area contributed by atoms with Crippen molar-refractivity contribution in [1.82, 2.24) is 0 Å². The second kappa shape index (κ2) is 6.23. The minimum absolute atomic E-state index is 0.0183. The molecule has 0 saturated carbocycles. The molecule has 0 spiro atoms. The van der Waals surface area contributed by atoms with Crippen molar-refractivity contribution in [3.63, 3.8) is 0 Å². The van der Waals surface area contributed by atoms with Gasteiger partial charge in [0.15, 0.2) is 0 Å². The topological polar surface area (TPSA) is 20.2 Å². The van der Waals surface area contributed by atoms with Crippen molar-refractivity contribution in [2.45, 2.75) is 123 Å². The molecule has 1 N–H and O–H groups in total. The van der Waals surface area contributed by atoms with E-state index in [1.807, 2.05) is 13.8 Å². The van der Waals surface area contributed by atoms with E-state index in [2.05, 4.69) is 104 Å². The van der Waals surface area contributed by atoms with E-state index in [1.54, 1.807) is 0 Å². The quantitative estimate of drug-likeness (QED) is 0.504. The van der Waals surface area contributed by atoms with Crippen molar-refractivity contribution in [3.05, 3.63) is 0 Å². The highest BCUT2D eigenvalue weighted by molar-refractivity contribution is 5.13. The molecule has 0 unspecified atom stereocenters. The molecular weight excluding hydrogens is 316 g/mol. The van der Waals surface area contributed by atoms with Gasteiger partial charge in [-0.25, -0.2) is 0 Å². The van der Waals surface area contributed by atoms with E-state index in [1.165, 1.54) is 0 Å². The molecular formula is C25H52O. The van der Waals surface area contributed by atoms with Crippen molar-refractivity contribution in [2.24, 2.45) is 37.9 Å². The van der Waals surface area contributed by atoms with Gasteiger partial charge in [-0.3, -0.25) is 0 Å². The summed E-state index contributed by atoms with van der Waals surface area (Å²) in [4.78, 5) is 0. The molecule has 0 aromatic heterocycles. The Morgan fingerprint density at radius 1 is 0.308 bits per heavy atom. The highest BCUT2D eigenvalue weighted by atomic mass is 16.3. The van der Waals surface area contributed by atoms with Crippen molar-refractivity contribution >= 4 is 0 Å². The van der Waals surface area contributed by atoms with E-state index in [4.69, 9.17) is 0 Å². The number of hydrogen-bond acceptors (Lipinski definition) is 1. The lowest BCUT2D eigenvalue weighted by Crippen LogP contribution is -2.64. The van der Waals surface area contributed by atoms with E-state index < -0.39 is 5.60 Å². The SMILES string of the molecule is CC(C)(C)C(C)(C)C(C)(C)C(C)(C)C(C)(C)C(C)(C)C(C)(C)C(C)(C)O. The average Bonchev–Trinajstić information content (AvgIpc) is 2.34. The Kier molecular flexibility index (Phi) is 6.22. The third-order valence-electron chi connectivity index (χ3n) is 11.2. The van der Waals surface area contributed by atoms with Gasteiger partial charge in [0.2, 0.25) is 0 Å². The van der Waals surface area contributed by atoms with Crippen molar-refractivity contribution < 1.29 is 5.11 Å². The van der Waals surface area contributed by atoms with Crippen LogP contribution in [0.25, 0.3) is 0 Å². The summed E-state index contributed by atoms with van der Waals surface area (Å²) >= 11 is 0. The van der Waals surface area contributed by atoms with E-state index in [0.29, 0.717) is 0 Å². The van der Waals surface area contributed by atoms with E-state index >= 15 is 0 Å². The molecule has 0 aromatic rings. The van der Waals surface area contributed by atoms with Crippen molar-refractivity contribution in [3.8, 4) is 0 Å². The zero-order valence-electron chi connectivity index (χ0n) is 21.4. The van der Waals surface area contributed by atoms with Crippen LogP contribution in [0.2, 0.25) is 0 Å². The largest absolute Gasteiger partial charge is 0.390 e. The molecule has 1 nitrogen and oxygen atoms in total. The fourth-order valence-corrected chi connectivity index (χ4v) is 4.83. The second-order valence-electron chi connectivity index (χ2n) is 13.6. The molecule has 0 fully saturated rings. The van der Waals surface area contributed by atoms with Crippen LogP contribution in [0.4, 0.5) is 0 Å². The highest BCUT2D eigenvalue weighted by Crippen LogP contribution is 2.70. The molecule has 158 valence electrons.